The zero-order chi connectivity index (χ0) is 10.0. The van der Waals surface area contributed by atoms with E-state index in [1.165, 1.54) is 12.1 Å². The maximum atomic E-state index is 12.9. The van der Waals surface area contributed by atoms with E-state index < -0.39 is 12.9 Å². The van der Waals surface area contributed by atoms with Crippen LogP contribution < -0.4 is 10.4 Å². The summed E-state index contributed by atoms with van der Waals surface area (Å²) in [6, 6.07) is 3.94. The monoisotopic (exact) mass is 183 g/mol. The second-order valence-electron chi connectivity index (χ2n) is 3.01. The molecule has 0 radical (unpaired) electrons. The molecule has 2 N–H and O–H groups in total. The lowest BCUT2D eigenvalue weighted by atomic mass is 9.80. The summed E-state index contributed by atoms with van der Waals surface area (Å²) in [6.45, 7) is 0. The van der Waals surface area contributed by atoms with Crippen LogP contribution in [-0.2, 0) is 0 Å². The molecule has 0 fully saturated rings. The first-order valence-corrected chi connectivity index (χ1v) is 3.84. The number of anilines is 1. The quantitative estimate of drug-likeness (QED) is 0.611. The van der Waals surface area contributed by atoms with Crippen LogP contribution in [0.1, 0.15) is 0 Å². The molecule has 0 aromatic heterocycles. The van der Waals surface area contributed by atoms with Gasteiger partial charge in [0, 0.05) is 19.8 Å². The van der Waals surface area contributed by atoms with Crippen LogP contribution in [0.5, 0.6) is 0 Å². The molecule has 0 heterocycles. The number of nitrogens with zero attached hydrogens (tertiary/aromatic N) is 1. The minimum Gasteiger partial charge on any atom is -0.423 e. The SMILES string of the molecule is CN(C)c1cc(F)cc(B(O)O)c1. The lowest BCUT2D eigenvalue weighted by molar-refractivity contribution is 0.425. The van der Waals surface area contributed by atoms with Gasteiger partial charge in [-0.2, -0.15) is 0 Å². The first kappa shape index (κ1) is 10.0. The van der Waals surface area contributed by atoms with Crippen molar-refractivity contribution in [3.05, 3.63) is 24.0 Å². The lowest BCUT2D eigenvalue weighted by Gasteiger charge is -2.13. The van der Waals surface area contributed by atoms with Gasteiger partial charge in [-0.05, 0) is 23.7 Å². The summed E-state index contributed by atoms with van der Waals surface area (Å²) >= 11 is 0. The van der Waals surface area contributed by atoms with Crippen LogP contribution in [-0.4, -0.2) is 31.3 Å². The van der Waals surface area contributed by atoms with Crippen LogP contribution in [0.25, 0.3) is 0 Å². The smallest absolute Gasteiger partial charge is 0.423 e. The molecule has 0 aliphatic heterocycles. The van der Waals surface area contributed by atoms with E-state index in [1.54, 1.807) is 19.0 Å². The molecule has 0 bridgehead atoms. The molecule has 0 aliphatic rings. The number of benzene rings is 1. The van der Waals surface area contributed by atoms with Crippen LogP contribution >= 0.6 is 0 Å². The fraction of sp³-hybridized carbons (Fsp3) is 0.250. The molecule has 1 aromatic rings. The zero-order valence-electron chi connectivity index (χ0n) is 7.53. The van der Waals surface area contributed by atoms with Gasteiger partial charge in [-0.25, -0.2) is 4.39 Å². The summed E-state index contributed by atoms with van der Waals surface area (Å²) in [5.41, 5.74) is 0.756. The Morgan fingerprint density at radius 2 is 1.85 bits per heavy atom. The van der Waals surface area contributed by atoms with E-state index in [2.05, 4.69) is 0 Å². The summed E-state index contributed by atoms with van der Waals surface area (Å²) in [6.07, 6.45) is 0. The highest BCUT2D eigenvalue weighted by atomic mass is 19.1. The number of rotatable bonds is 2. The first-order valence-electron chi connectivity index (χ1n) is 3.84. The fourth-order valence-electron chi connectivity index (χ4n) is 1.00. The molecular formula is C8H11BFNO2. The standard InChI is InChI=1S/C8H11BFNO2/c1-11(2)8-4-6(9(12)13)3-7(10)5-8/h3-5,12-13H,1-2H3. The Morgan fingerprint density at radius 1 is 1.23 bits per heavy atom. The molecule has 0 saturated heterocycles. The van der Waals surface area contributed by atoms with Gasteiger partial charge in [-0.1, -0.05) is 0 Å². The molecule has 13 heavy (non-hydrogen) atoms. The Balaban J connectivity index is 3.11. The Hall–Kier alpha value is -1.07. The Labute approximate surface area is 76.6 Å². The van der Waals surface area contributed by atoms with Crippen molar-refractivity contribution in [3.8, 4) is 0 Å². The third-order valence-corrected chi connectivity index (χ3v) is 1.72. The molecular weight excluding hydrogens is 172 g/mol. The maximum Gasteiger partial charge on any atom is 0.488 e. The van der Waals surface area contributed by atoms with Crippen LogP contribution in [0, 0.1) is 5.82 Å². The van der Waals surface area contributed by atoms with Gasteiger partial charge in [0.05, 0.1) is 0 Å². The minimum absolute atomic E-state index is 0.156. The van der Waals surface area contributed by atoms with Crippen molar-refractivity contribution in [2.24, 2.45) is 0 Å². The second kappa shape index (κ2) is 3.76. The van der Waals surface area contributed by atoms with Crippen LogP contribution in [0.2, 0.25) is 0 Å². The van der Waals surface area contributed by atoms with Crippen molar-refractivity contribution >= 4 is 18.3 Å². The predicted octanol–water partition coefficient (Wildman–Crippen LogP) is -0.429. The summed E-state index contributed by atoms with van der Waals surface area (Å²) in [4.78, 5) is 1.69. The van der Waals surface area contributed by atoms with Crippen molar-refractivity contribution < 1.29 is 14.4 Å². The van der Waals surface area contributed by atoms with Crippen molar-refractivity contribution in [2.45, 2.75) is 0 Å². The van der Waals surface area contributed by atoms with Crippen LogP contribution in [0.15, 0.2) is 18.2 Å². The number of hydrogen-bond donors (Lipinski definition) is 2. The lowest BCUT2D eigenvalue weighted by Crippen LogP contribution is -2.30. The van der Waals surface area contributed by atoms with E-state index in [4.69, 9.17) is 10.0 Å². The molecule has 1 aromatic carbocycles. The fourth-order valence-corrected chi connectivity index (χ4v) is 1.00. The molecule has 0 unspecified atom stereocenters. The van der Waals surface area contributed by atoms with Crippen molar-refractivity contribution in [2.75, 3.05) is 19.0 Å². The largest absolute Gasteiger partial charge is 0.488 e. The van der Waals surface area contributed by atoms with Gasteiger partial charge in [0.2, 0.25) is 0 Å². The van der Waals surface area contributed by atoms with Crippen LogP contribution in [0.4, 0.5) is 10.1 Å². The number of hydrogen-bond acceptors (Lipinski definition) is 3. The average molecular weight is 183 g/mol. The van der Waals surface area contributed by atoms with Gasteiger partial charge in [-0.3, -0.25) is 0 Å². The van der Waals surface area contributed by atoms with E-state index in [1.807, 2.05) is 0 Å². The van der Waals surface area contributed by atoms with Gasteiger partial charge < -0.3 is 14.9 Å². The van der Waals surface area contributed by atoms with Gasteiger partial charge in [0.15, 0.2) is 0 Å². The second-order valence-corrected chi connectivity index (χ2v) is 3.01. The summed E-state index contributed by atoms with van der Waals surface area (Å²) in [5.74, 6) is -0.477. The highest BCUT2D eigenvalue weighted by Gasteiger charge is 2.13. The van der Waals surface area contributed by atoms with E-state index >= 15 is 0 Å². The Bertz CT molecular complexity index is 278. The first-order chi connectivity index (χ1) is 6.00. The average Bonchev–Trinajstić information content (AvgIpc) is 2.03. The molecule has 1 rings (SSSR count). The highest BCUT2D eigenvalue weighted by Crippen LogP contribution is 2.10. The van der Waals surface area contributed by atoms with Crippen molar-refractivity contribution in [1.82, 2.24) is 0 Å². The normalized spacial score (nSPS) is 9.92. The van der Waals surface area contributed by atoms with E-state index in [0.717, 1.165) is 6.07 Å². The zero-order valence-corrected chi connectivity index (χ0v) is 7.53. The van der Waals surface area contributed by atoms with Gasteiger partial charge in [0.25, 0.3) is 0 Å². The molecule has 3 nitrogen and oxygen atoms in total. The van der Waals surface area contributed by atoms with Gasteiger partial charge in [0.1, 0.15) is 5.82 Å². The summed E-state index contributed by atoms with van der Waals surface area (Å²) in [7, 11) is 1.87. The third-order valence-electron chi connectivity index (χ3n) is 1.72. The molecule has 0 saturated carbocycles. The topological polar surface area (TPSA) is 43.7 Å². The van der Waals surface area contributed by atoms with E-state index in [-0.39, 0.29) is 5.46 Å². The molecule has 0 aliphatic carbocycles. The van der Waals surface area contributed by atoms with Crippen molar-refractivity contribution in [1.29, 1.82) is 0 Å². The molecule has 70 valence electrons. The predicted molar refractivity (Wildman–Crippen MR) is 50.6 cm³/mol. The summed E-state index contributed by atoms with van der Waals surface area (Å²) in [5, 5.41) is 17.6. The van der Waals surface area contributed by atoms with Gasteiger partial charge >= 0.3 is 7.12 Å². The highest BCUT2D eigenvalue weighted by molar-refractivity contribution is 6.58. The third kappa shape index (κ3) is 2.43. The Kier molecular flexibility index (Phi) is 2.90. The molecule has 0 spiro atoms. The summed E-state index contributed by atoms with van der Waals surface area (Å²) < 4.78 is 12.9. The number of halogens is 1. The Morgan fingerprint density at radius 3 is 2.31 bits per heavy atom. The van der Waals surface area contributed by atoms with E-state index in [0.29, 0.717) is 5.69 Å². The van der Waals surface area contributed by atoms with Crippen molar-refractivity contribution in [3.63, 3.8) is 0 Å². The van der Waals surface area contributed by atoms with Crippen LogP contribution in [0.3, 0.4) is 0 Å². The maximum absolute atomic E-state index is 12.9. The minimum atomic E-state index is -1.63. The molecule has 5 heteroatoms. The molecule has 0 atom stereocenters. The molecule has 0 amide bonds. The van der Waals surface area contributed by atoms with Gasteiger partial charge in [-0.15, -0.1) is 0 Å². The van der Waals surface area contributed by atoms with E-state index in [9.17, 15) is 4.39 Å².